The SMILES string of the molecule is Cc1cc(F)ccc1[C@H](CCF)N1CCNCC1.Cl. The maximum atomic E-state index is 13.1. The minimum atomic E-state index is -0.342. The summed E-state index contributed by atoms with van der Waals surface area (Å²) in [6.45, 7) is 5.26. The second-order valence-corrected chi connectivity index (χ2v) is 4.78. The van der Waals surface area contributed by atoms with Crippen LogP contribution in [-0.2, 0) is 0 Å². The van der Waals surface area contributed by atoms with Crippen molar-refractivity contribution in [3.8, 4) is 0 Å². The summed E-state index contributed by atoms with van der Waals surface area (Å²) < 4.78 is 25.9. The number of piperazine rings is 1. The Balaban J connectivity index is 0.00000180. The van der Waals surface area contributed by atoms with Crippen LogP contribution in [0.25, 0.3) is 0 Å². The standard InChI is InChI=1S/C14H20F2N2.ClH/c1-11-10-12(16)2-3-13(11)14(4-5-15)18-8-6-17-7-9-18;/h2-3,10,14,17H,4-9H2,1H3;1H/t14-;/m0./s1. The van der Waals surface area contributed by atoms with E-state index in [-0.39, 0.29) is 30.9 Å². The predicted molar refractivity (Wildman–Crippen MR) is 76.2 cm³/mol. The smallest absolute Gasteiger partial charge is 0.123 e. The maximum Gasteiger partial charge on any atom is 0.123 e. The molecule has 1 aromatic rings. The third-order valence-electron chi connectivity index (χ3n) is 3.57. The van der Waals surface area contributed by atoms with Crippen LogP contribution in [0.15, 0.2) is 18.2 Å². The average Bonchev–Trinajstić information content (AvgIpc) is 2.38. The first-order valence-corrected chi connectivity index (χ1v) is 6.49. The van der Waals surface area contributed by atoms with Gasteiger partial charge in [-0.15, -0.1) is 12.4 Å². The molecule has 1 aliphatic heterocycles. The second-order valence-electron chi connectivity index (χ2n) is 4.78. The molecular formula is C14H21ClF2N2. The summed E-state index contributed by atoms with van der Waals surface area (Å²) in [5, 5.41) is 3.29. The molecule has 0 aromatic heterocycles. The molecule has 1 atom stereocenters. The molecule has 0 aliphatic carbocycles. The first kappa shape index (κ1) is 16.3. The quantitative estimate of drug-likeness (QED) is 0.917. The van der Waals surface area contributed by atoms with E-state index in [4.69, 9.17) is 0 Å². The molecule has 1 fully saturated rings. The zero-order chi connectivity index (χ0) is 13.0. The van der Waals surface area contributed by atoms with Gasteiger partial charge in [-0.2, -0.15) is 0 Å². The summed E-state index contributed by atoms with van der Waals surface area (Å²) in [6.07, 6.45) is 0.479. The molecule has 19 heavy (non-hydrogen) atoms. The molecule has 108 valence electrons. The van der Waals surface area contributed by atoms with Crippen LogP contribution in [0, 0.1) is 12.7 Å². The van der Waals surface area contributed by atoms with Crippen molar-refractivity contribution in [3.63, 3.8) is 0 Å². The van der Waals surface area contributed by atoms with Gasteiger partial charge in [-0.05, 0) is 36.6 Å². The highest BCUT2D eigenvalue weighted by atomic mass is 35.5. The lowest BCUT2D eigenvalue weighted by atomic mass is 9.97. The fraction of sp³-hybridized carbons (Fsp3) is 0.571. The van der Waals surface area contributed by atoms with Gasteiger partial charge in [0.1, 0.15) is 5.82 Å². The number of alkyl halides is 1. The Morgan fingerprint density at radius 2 is 2.00 bits per heavy atom. The lowest BCUT2D eigenvalue weighted by Crippen LogP contribution is -2.45. The lowest BCUT2D eigenvalue weighted by molar-refractivity contribution is 0.157. The number of nitrogens with zero attached hydrogens (tertiary/aromatic N) is 1. The van der Waals surface area contributed by atoms with Crippen LogP contribution >= 0.6 is 12.4 Å². The van der Waals surface area contributed by atoms with Crippen LogP contribution in [-0.4, -0.2) is 37.8 Å². The van der Waals surface area contributed by atoms with E-state index in [1.54, 1.807) is 6.07 Å². The predicted octanol–water partition coefficient (Wildman–Crippen LogP) is 2.86. The molecule has 0 unspecified atom stereocenters. The fourth-order valence-corrected chi connectivity index (χ4v) is 2.64. The van der Waals surface area contributed by atoms with Gasteiger partial charge in [-0.1, -0.05) is 6.07 Å². The van der Waals surface area contributed by atoms with Gasteiger partial charge < -0.3 is 5.32 Å². The minimum absolute atomic E-state index is 0. The molecule has 0 spiro atoms. The van der Waals surface area contributed by atoms with Crippen molar-refractivity contribution in [3.05, 3.63) is 35.1 Å². The van der Waals surface area contributed by atoms with Gasteiger partial charge in [0.25, 0.3) is 0 Å². The summed E-state index contributed by atoms with van der Waals surface area (Å²) >= 11 is 0. The average molecular weight is 291 g/mol. The van der Waals surface area contributed by atoms with Crippen molar-refractivity contribution in [2.75, 3.05) is 32.9 Å². The highest BCUT2D eigenvalue weighted by molar-refractivity contribution is 5.85. The van der Waals surface area contributed by atoms with E-state index in [0.717, 1.165) is 37.3 Å². The lowest BCUT2D eigenvalue weighted by Gasteiger charge is -2.35. The van der Waals surface area contributed by atoms with Crippen LogP contribution in [0.1, 0.15) is 23.6 Å². The van der Waals surface area contributed by atoms with Gasteiger partial charge in [-0.25, -0.2) is 4.39 Å². The van der Waals surface area contributed by atoms with E-state index in [2.05, 4.69) is 10.2 Å². The topological polar surface area (TPSA) is 15.3 Å². The van der Waals surface area contributed by atoms with E-state index in [9.17, 15) is 8.78 Å². The maximum absolute atomic E-state index is 13.1. The Morgan fingerprint density at radius 3 is 2.58 bits per heavy atom. The molecule has 0 amide bonds. The molecular weight excluding hydrogens is 270 g/mol. The van der Waals surface area contributed by atoms with Gasteiger partial charge in [0.15, 0.2) is 0 Å². The molecule has 2 nitrogen and oxygen atoms in total. The third kappa shape index (κ3) is 4.13. The van der Waals surface area contributed by atoms with Crippen molar-refractivity contribution in [2.45, 2.75) is 19.4 Å². The van der Waals surface area contributed by atoms with Crippen molar-refractivity contribution >= 4 is 12.4 Å². The van der Waals surface area contributed by atoms with Crippen LogP contribution in [0.3, 0.4) is 0 Å². The number of hydrogen-bond acceptors (Lipinski definition) is 2. The molecule has 1 aromatic carbocycles. The van der Waals surface area contributed by atoms with E-state index >= 15 is 0 Å². The molecule has 2 rings (SSSR count). The molecule has 1 aliphatic rings. The highest BCUT2D eigenvalue weighted by Gasteiger charge is 2.23. The summed E-state index contributed by atoms with van der Waals surface area (Å²) in [7, 11) is 0. The summed E-state index contributed by atoms with van der Waals surface area (Å²) in [5.41, 5.74) is 1.96. The summed E-state index contributed by atoms with van der Waals surface area (Å²) in [6, 6.07) is 4.86. The van der Waals surface area contributed by atoms with Crippen molar-refractivity contribution < 1.29 is 8.78 Å². The van der Waals surface area contributed by atoms with E-state index in [1.165, 1.54) is 12.1 Å². The Morgan fingerprint density at radius 1 is 1.32 bits per heavy atom. The van der Waals surface area contributed by atoms with Gasteiger partial charge in [0.2, 0.25) is 0 Å². The first-order valence-electron chi connectivity index (χ1n) is 6.49. The van der Waals surface area contributed by atoms with Crippen LogP contribution in [0.4, 0.5) is 8.78 Å². The summed E-state index contributed by atoms with van der Waals surface area (Å²) in [5.74, 6) is -0.226. The zero-order valence-electron chi connectivity index (χ0n) is 11.2. The molecule has 5 heteroatoms. The van der Waals surface area contributed by atoms with E-state index in [1.807, 2.05) is 6.92 Å². The Labute approximate surface area is 119 Å². The third-order valence-corrected chi connectivity index (χ3v) is 3.57. The molecule has 0 saturated carbocycles. The Kier molecular flexibility index (Phi) is 6.69. The van der Waals surface area contributed by atoms with Crippen molar-refractivity contribution in [1.29, 1.82) is 0 Å². The van der Waals surface area contributed by atoms with Gasteiger partial charge in [0, 0.05) is 32.2 Å². The second kappa shape index (κ2) is 7.78. The zero-order valence-corrected chi connectivity index (χ0v) is 12.0. The van der Waals surface area contributed by atoms with Crippen molar-refractivity contribution in [2.24, 2.45) is 0 Å². The number of aryl methyl sites for hydroxylation is 1. The normalized spacial score (nSPS) is 17.8. The molecule has 1 heterocycles. The van der Waals surface area contributed by atoms with E-state index < -0.39 is 0 Å². The van der Waals surface area contributed by atoms with Crippen LogP contribution in [0.5, 0.6) is 0 Å². The van der Waals surface area contributed by atoms with Crippen LogP contribution < -0.4 is 5.32 Å². The number of halogens is 3. The molecule has 0 radical (unpaired) electrons. The van der Waals surface area contributed by atoms with Gasteiger partial charge >= 0.3 is 0 Å². The monoisotopic (exact) mass is 290 g/mol. The van der Waals surface area contributed by atoms with E-state index in [0.29, 0.717) is 6.42 Å². The highest BCUT2D eigenvalue weighted by Crippen LogP contribution is 2.28. The number of hydrogen-bond donors (Lipinski definition) is 1. The fourth-order valence-electron chi connectivity index (χ4n) is 2.64. The summed E-state index contributed by atoms with van der Waals surface area (Å²) in [4.78, 5) is 2.29. The Hall–Kier alpha value is -0.710. The van der Waals surface area contributed by atoms with Gasteiger partial charge in [-0.3, -0.25) is 9.29 Å². The van der Waals surface area contributed by atoms with Crippen molar-refractivity contribution in [1.82, 2.24) is 10.2 Å². The number of rotatable bonds is 4. The number of benzene rings is 1. The van der Waals surface area contributed by atoms with Crippen LogP contribution in [0.2, 0.25) is 0 Å². The molecule has 0 bridgehead atoms. The Bertz CT molecular complexity index is 395. The van der Waals surface area contributed by atoms with Gasteiger partial charge in [0.05, 0.1) is 6.67 Å². The minimum Gasteiger partial charge on any atom is -0.314 e. The molecule has 1 N–H and O–H groups in total. The largest absolute Gasteiger partial charge is 0.314 e. The molecule has 1 saturated heterocycles. The first-order chi connectivity index (χ1) is 8.72. The number of nitrogens with one attached hydrogen (secondary N) is 1.